The normalized spacial score (nSPS) is 11.3. The smallest absolute Gasteiger partial charge is 0.164 e. The van der Waals surface area contributed by atoms with Gasteiger partial charge in [-0.15, -0.1) is 0 Å². The van der Waals surface area contributed by atoms with E-state index in [-0.39, 0.29) is 5.78 Å². The Kier molecular flexibility index (Phi) is 7.48. The van der Waals surface area contributed by atoms with Crippen molar-refractivity contribution in [1.82, 2.24) is 4.90 Å². The molecule has 0 N–H and O–H groups in total. The minimum atomic E-state index is 0.231. The third kappa shape index (κ3) is 5.85. The van der Waals surface area contributed by atoms with Crippen LogP contribution < -0.4 is 0 Å². The molecule has 1 aromatic rings. The average Bonchev–Trinajstić information content (AvgIpc) is 2.41. The molecule has 0 aromatic heterocycles. The average molecular weight is 277 g/mol. The summed E-state index contributed by atoms with van der Waals surface area (Å²) in [6, 6.07) is 7.80. The number of carbonyl (C=O) groups excluding carboxylic acids is 1. The van der Waals surface area contributed by atoms with E-state index in [0.717, 1.165) is 30.8 Å². The van der Waals surface area contributed by atoms with Crippen molar-refractivity contribution >= 4 is 5.78 Å². The molecule has 0 atom stereocenters. The first-order valence-corrected chi connectivity index (χ1v) is 7.34. The number of benzene rings is 1. The van der Waals surface area contributed by atoms with Crippen LogP contribution in [0.3, 0.4) is 0 Å². The highest BCUT2D eigenvalue weighted by Crippen LogP contribution is 2.10. The van der Waals surface area contributed by atoms with Crippen LogP contribution in [0, 0.1) is 12.8 Å². The summed E-state index contributed by atoms with van der Waals surface area (Å²) in [6.45, 7) is 9.79. The van der Waals surface area contributed by atoms with Gasteiger partial charge in [-0.05, 0) is 18.4 Å². The molecular formula is C17H27NO2. The van der Waals surface area contributed by atoms with Gasteiger partial charge < -0.3 is 9.64 Å². The Morgan fingerprint density at radius 3 is 2.55 bits per heavy atom. The van der Waals surface area contributed by atoms with Crippen molar-refractivity contribution in [1.29, 1.82) is 0 Å². The van der Waals surface area contributed by atoms with E-state index in [4.69, 9.17) is 4.74 Å². The van der Waals surface area contributed by atoms with Crippen LogP contribution in [-0.2, 0) is 4.74 Å². The van der Waals surface area contributed by atoms with Crippen LogP contribution in [-0.4, -0.2) is 44.0 Å². The molecule has 0 saturated carbocycles. The number of rotatable bonds is 9. The minimum Gasteiger partial charge on any atom is -0.383 e. The van der Waals surface area contributed by atoms with Crippen LogP contribution in [0.25, 0.3) is 0 Å². The lowest BCUT2D eigenvalue weighted by atomic mass is 10.0. The van der Waals surface area contributed by atoms with Crippen LogP contribution in [0.5, 0.6) is 0 Å². The predicted molar refractivity (Wildman–Crippen MR) is 83.3 cm³/mol. The number of nitrogens with zero attached hydrogens (tertiary/aromatic N) is 1. The zero-order valence-corrected chi connectivity index (χ0v) is 13.2. The van der Waals surface area contributed by atoms with E-state index in [0.29, 0.717) is 18.9 Å². The molecule has 0 heterocycles. The van der Waals surface area contributed by atoms with Gasteiger partial charge in [-0.3, -0.25) is 4.79 Å². The molecule has 0 amide bonds. The Hall–Kier alpha value is -1.19. The highest BCUT2D eigenvalue weighted by molar-refractivity contribution is 5.97. The SMILES string of the molecule is COCCN(CCC(=O)c1ccccc1C)CC(C)C. The van der Waals surface area contributed by atoms with Crippen molar-refractivity contribution in [2.45, 2.75) is 27.2 Å². The molecule has 1 rings (SSSR count). The van der Waals surface area contributed by atoms with Crippen molar-refractivity contribution < 1.29 is 9.53 Å². The Balaban J connectivity index is 2.53. The van der Waals surface area contributed by atoms with Gasteiger partial charge in [0, 0.05) is 38.7 Å². The van der Waals surface area contributed by atoms with E-state index < -0.39 is 0 Å². The first kappa shape index (κ1) is 16.9. The molecule has 0 bridgehead atoms. The summed E-state index contributed by atoms with van der Waals surface area (Å²) in [5.74, 6) is 0.828. The summed E-state index contributed by atoms with van der Waals surface area (Å²) < 4.78 is 5.14. The van der Waals surface area contributed by atoms with E-state index in [2.05, 4.69) is 18.7 Å². The third-order valence-electron chi connectivity index (χ3n) is 3.34. The van der Waals surface area contributed by atoms with Gasteiger partial charge in [0.2, 0.25) is 0 Å². The first-order chi connectivity index (χ1) is 9.54. The summed E-state index contributed by atoms with van der Waals surface area (Å²) in [5, 5.41) is 0. The highest BCUT2D eigenvalue weighted by atomic mass is 16.5. The summed E-state index contributed by atoms with van der Waals surface area (Å²) in [5.41, 5.74) is 1.91. The van der Waals surface area contributed by atoms with Crippen molar-refractivity contribution in [3.8, 4) is 0 Å². The summed E-state index contributed by atoms with van der Waals surface area (Å²) in [4.78, 5) is 14.6. The summed E-state index contributed by atoms with van der Waals surface area (Å²) in [6.07, 6.45) is 0.571. The van der Waals surface area contributed by atoms with E-state index in [9.17, 15) is 4.79 Å². The molecule has 0 unspecified atom stereocenters. The van der Waals surface area contributed by atoms with Gasteiger partial charge in [-0.2, -0.15) is 0 Å². The molecule has 0 aliphatic rings. The number of hydrogen-bond acceptors (Lipinski definition) is 3. The van der Waals surface area contributed by atoms with E-state index >= 15 is 0 Å². The third-order valence-corrected chi connectivity index (χ3v) is 3.34. The monoisotopic (exact) mass is 277 g/mol. The lowest BCUT2D eigenvalue weighted by Crippen LogP contribution is -2.33. The number of aryl methyl sites for hydroxylation is 1. The molecule has 0 aliphatic heterocycles. The summed E-state index contributed by atoms with van der Waals surface area (Å²) >= 11 is 0. The van der Waals surface area contributed by atoms with E-state index in [1.807, 2.05) is 31.2 Å². The lowest BCUT2D eigenvalue weighted by Gasteiger charge is -2.23. The maximum absolute atomic E-state index is 12.3. The molecule has 0 aliphatic carbocycles. The second-order valence-corrected chi connectivity index (χ2v) is 5.68. The fraction of sp³-hybridized carbons (Fsp3) is 0.588. The molecule has 0 fully saturated rings. The topological polar surface area (TPSA) is 29.5 Å². The minimum absolute atomic E-state index is 0.231. The summed E-state index contributed by atoms with van der Waals surface area (Å²) in [7, 11) is 1.71. The van der Waals surface area contributed by atoms with Crippen LogP contribution >= 0.6 is 0 Å². The molecule has 3 heteroatoms. The van der Waals surface area contributed by atoms with Crippen LogP contribution in [0.15, 0.2) is 24.3 Å². The largest absolute Gasteiger partial charge is 0.383 e. The lowest BCUT2D eigenvalue weighted by molar-refractivity contribution is 0.0941. The number of carbonyl (C=O) groups is 1. The predicted octanol–water partition coefficient (Wildman–Crippen LogP) is 3.17. The second kappa shape index (κ2) is 8.88. The van der Waals surface area contributed by atoms with Gasteiger partial charge in [0.25, 0.3) is 0 Å². The molecule has 0 radical (unpaired) electrons. The van der Waals surface area contributed by atoms with Crippen molar-refractivity contribution in [2.75, 3.05) is 33.4 Å². The van der Waals surface area contributed by atoms with Crippen molar-refractivity contribution in [2.24, 2.45) is 5.92 Å². The molecule has 1 aromatic carbocycles. The number of methoxy groups -OCH3 is 1. The Morgan fingerprint density at radius 2 is 1.95 bits per heavy atom. The van der Waals surface area contributed by atoms with Gasteiger partial charge in [0.1, 0.15) is 0 Å². The molecule has 0 saturated heterocycles. The molecule has 112 valence electrons. The van der Waals surface area contributed by atoms with Crippen LogP contribution in [0.2, 0.25) is 0 Å². The molecule has 20 heavy (non-hydrogen) atoms. The van der Waals surface area contributed by atoms with Gasteiger partial charge in [-0.25, -0.2) is 0 Å². The maximum Gasteiger partial charge on any atom is 0.164 e. The standard InChI is InChI=1S/C17H27NO2/c1-14(2)13-18(11-12-20-4)10-9-17(19)16-8-6-5-7-15(16)3/h5-8,14H,9-13H2,1-4H3. The second-order valence-electron chi connectivity index (χ2n) is 5.68. The van der Waals surface area contributed by atoms with Gasteiger partial charge in [0.15, 0.2) is 5.78 Å². The first-order valence-electron chi connectivity index (χ1n) is 7.34. The number of ether oxygens (including phenoxy) is 1. The van der Waals surface area contributed by atoms with Crippen LogP contribution in [0.4, 0.5) is 0 Å². The zero-order valence-electron chi connectivity index (χ0n) is 13.2. The molecule has 3 nitrogen and oxygen atoms in total. The van der Waals surface area contributed by atoms with Crippen LogP contribution in [0.1, 0.15) is 36.2 Å². The quantitative estimate of drug-likeness (QED) is 0.649. The zero-order chi connectivity index (χ0) is 15.0. The molecular weight excluding hydrogens is 250 g/mol. The van der Waals surface area contributed by atoms with Crippen molar-refractivity contribution in [3.63, 3.8) is 0 Å². The number of ketones is 1. The highest BCUT2D eigenvalue weighted by Gasteiger charge is 2.12. The van der Waals surface area contributed by atoms with Gasteiger partial charge in [-0.1, -0.05) is 38.1 Å². The van der Waals surface area contributed by atoms with E-state index in [1.54, 1.807) is 7.11 Å². The maximum atomic E-state index is 12.3. The Bertz CT molecular complexity index is 415. The van der Waals surface area contributed by atoms with Crippen molar-refractivity contribution in [3.05, 3.63) is 35.4 Å². The fourth-order valence-corrected chi connectivity index (χ4v) is 2.31. The van der Waals surface area contributed by atoms with E-state index in [1.165, 1.54) is 0 Å². The number of Topliss-reactive ketones (excluding diaryl/α,β-unsaturated/α-hetero) is 1. The Labute approximate surface area is 122 Å². The fourth-order valence-electron chi connectivity index (χ4n) is 2.31. The Morgan fingerprint density at radius 1 is 1.25 bits per heavy atom. The molecule has 0 spiro atoms. The van der Waals surface area contributed by atoms with Gasteiger partial charge in [0.05, 0.1) is 6.61 Å². The number of hydrogen-bond donors (Lipinski definition) is 0. The van der Waals surface area contributed by atoms with Gasteiger partial charge >= 0.3 is 0 Å².